The Morgan fingerprint density at radius 1 is 1.55 bits per heavy atom. The number of aromatic amines is 1. The Balaban J connectivity index is 2.47. The third-order valence-corrected chi connectivity index (χ3v) is 3.61. The van der Waals surface area contributed by atoms with E-state index in [4.69, 9.17) is 16.3 Å². The second kappa shape index (κ2) is 5.24. The first kappa shape index (κ1) is 15.1. The van der Waals surface area contributed by atoms with Gasteiger partial charge < -0.3 is 14.9 Å². The van der Waals surface area contributed by atoms with Gasteiger partial charge in [0.1, 0.15) is 11.7 Å². The fourth-order valence-corrected chi connectivity index (χ4v) is 2.27. The number of ether oxygens (including phenoxy) is 1. The number of alkyl halides is 2. The van der Waals surface area contributed by atoms with Crippen LogP contribution in [0, 0.1) is 5.82 Å². The third kappa shape index (κ3) is 2.16. The van der Waals surface area contributed by atoms with Crippen LogP contribution < -0.4 is 11.2 Å². The van der Waals surface area contributed by atoms with Crippen LogP contribution in [0.25, 0.3) is 0 Å². The summed E-state index contributed by atoms with van der Waals surface area (Å²) in [7, 11) is 0. The first-order valence-electron chi connectivity index (χ1n) is 5.54. The normalized spacial score (nSPS) is 33.5. The molecule has 1 fully saturated rings. The summed E-state index contributed by atoms with van der Waals surface area (Å²) in [4.78, 5) is 24.1. The number of aromatic nitrogens is 2. The van der Waals surface area contributed by atoms with Crippen LogP contribution in [0.3, 0.4) is 0 Å². The monoisotopic (exact) mass is 312 g/mol. The fourth-order valence-electron chi connectivity index (χ4n) is 1.96. The molecule has 2 heterocycles. The van der Waals surface area contributed by atoms with Gasteiger partial charge in [-0.1, -0.05) is 0 Å². The summed E-state index contributed by atoms with van der Waals surface area (Å²) in [6, 6.07) is 0. The second-order valence-corrected chi connectivity index (χ2v) is 4.67. The topological polar surface area (TPSA) is 105 Å². The Hall–Kier alpha value is -1.29. The van der Waals surface area contributed by atoms with Crippen LogP contribution in [0.1, 0.15) is 6.23 Å². The predicted molar refractivity (Wildman–Crippen MR) is 62.8 cm³/mol. The molecule has 0 saturated carbocycles. The van der Waals surface area contributed by atoms with E-state index in [0.29, 0.717) is 10.8 Å². The van der Waals surface area contributed by atoms with Gasteiger partial charge in [0.2, 0.25) is 5.82 Å². The van der Waals surface area contributed by atoms with Gasteiger partial charge in [-0.05, 0) is 0 Å². The lowest BCUT2D eigenvalue weighted by Gasteiger charge is -2.26. The van der Waals surface area contributed by atoms with Crippen molar-refractivity contribution in [3.63, 3.8) is 0 Å². The van der Waals surface area contributed by atoms with Crippen molar-refractivity contribution in [2.45, 2.75) is 24.1 Å². The fraction of sp³-hybridized carbons (Fsp3) is 0.600. The number of aliphatic hydroxyl groups excluding tert-OH is 2. The van der Waals surface area contributed by atoms with E-state index >= 15 is 0 Å². The van der Waals surface area contributed by atoms with Crippen molar-refractivity contribution in [1.29, 1.82) is 0 Å². The van der Waals surface area contributed by atoms with Crippen LogP contribution in [0.4, 0.5) is 8.78 Å². The number of halogens is 3. The highest BCUT2D eigenvalue weighted by Crippen LogP contribution is 2.38. The highest BCUT2D eigenvalue weighted by Gasteiger charge is 2.55. The first-order valence-corrected chi connectivity index (χ1v) is 6.07. The van der Waals surface area contributed by atoms with E-state index in [9.17, 15) is 28.6 Å². The Morgan fingerprint density at radius 3 is 2.70 bits per heavy atom. The maximum atomic E-state index is 14.0. The van der Waals surface area contributed by atoms with Crippen molar-refractivity contribution in [2.75, 3.05) is 12.5 Å². The number of aliphatic hydroxyl groups is 2. The molecule has 3 N–H and O–H groups in total. The van der Waals surface area contributed by atoms with Crippen molar-refractivity contribution < 1.29 is 23.7 Å². The number of nitrogens with zero attached hydrogens (tertiary/aromatic N) is 1. The number of hydrogen-bond donors (Lipinski definition) is 3. The highest BCUT2D eigenvalue weighted by molar-refractivity contribution is 6.18. The van der Waals surface area contributed by atoms with Crippen LogP contribution in [-0.2, 0) is 4.74 Å². The van der Waals surface area contributed by atoms with Gasteiger partial charge in [-0.3, -0.25) is 14.3 Å². The van der Waals surface area contributed by atoms with Gasteiger partial charge in [-0.25, -0.2) is 9.18 Å². The van der Waals surface area contributed by atoms with Crippen LogP contribution >= 0.6 is 11.6 Å². The molecule has 0 spiro atoms. The molecule has 4 unspecified atom stereocenters. The maximum absolute atomic E-state index is 14.0. The molecule has 1 saturated heterocycles. The summed E-state index contributed by atoms with van der Waals surface area (Å²) in [6.45, 7) is -0.796. The molecule has 10 heteroatoms. The van der Waals surface area contributed by atoms with Crippen molar-refractivity contribution in [3.05, 3.63) is 32.9 Å². The largest absolute Gasteiger partial charge is 0.393 e. The molecule has 0 radical (unpaired) electrons. The van der Waals surface area contributed by atoms with Crippen LogP contribution in [-0.4, -0.2) is 50.1 Å². The Labute approximate surface area is 115 Å². The van der Waals surface area contributed by atoms with Crippen molar-refractivity contribution in [3.8, 4) is 0 Å². The lowest BCUT2D eigenvalue weighted by Crippen LogP contribution is -2.47. The molecule has 1 aliphatic heterocycles. The molecule has 1 aromatic heterocycles. The minimum Gasteiger partial charge on any atom is -0.393 e. The zero-order chi connectivity index (χ0) is 15.1. The van der Waals surface area contributed by atoms with Gasteiger partial charge in [-0.15, -0.1) is 11.6 Å². The second-order valence-electron chi connectivity index (χ2n) is 4.40. The van der Waals surface area contributed by atoms with Crippen molar-refractivity contribution >= 4 is 11.6 Å². The SMILES string of the molecule is O=c1[nH]c(=O)n(C2OC(CO)(CCl)C(O)C2F)cc1F. The summed E-state index contributed by atoms with van der Waals surface area (Å²) in [5.41, 5.74) is -4.18. The third-order valence-electron chi connectivity index (χ3n) is 3.16. The lowest BCUT2D eigenvalue weighted by molar-refractivity contribution is -0.115. The molecular formula is C10H11ClF2N2O5. The van der Waals surface area contributed by atoms with Crippen LogP contribution in [0.5, 0.6) is 0 Å². The molecule has 0 aliphatic carbocycles. The quantitative estimate of drug-likeness (QED) is 0.613. The van der Waals surface area contributed by atoms with Gasteiger partial charge in [0.15, 0.2) is 12.4 Å². The van der Waals surface area contributed by atoms with E-state index in [1.807, 2.05) is 0 Å². The van der Waals surface area contributed by atoms with E-state index < -0.39 is 53.7 Å². The van der Waals surface area contributed by atoms with Crippen molar-refractivity contribution in [1.82, 2.24) is 9.55 Å². The summed E-state index contributed by atoms with van der Waals surface area (Å²) in [5.74, 6) is -1.76. The smallest absolute Gasteiger partial charge is 0.330 e. The van der Waals surface area contributed by atoms with Crippen LogP contribution in [0.15, 0.2) is 15.8 Å². The van der Waals surface area contributed by atoms with E-state index in [0.717, 1.165) is 0 Å². The molecule has 4 atom stereocenters. The molecule has 0 aromatic carbocycles. The van der Waals surface area contributed by atoms with Gasteiger partial charge in [0.25, 0.3) is 5.56 Å². The molecule has 112 valence electrons. The van der Waals surface area contributed by atoms with E-state index in [-0.39, 0.29) is 0 Å². The molecule has 0 bridgehead atoms. The average molecular weight is 313 g/mol. The summed E-state index contributed by atoms with van der Waals surface area (Å²) in [6.07, 6.45) is -5.19. The number of nitrogens with one attached hydrogen (secondary N) is 1. The summed E-state index contributed by atoms with van der Waals surface area (Å²) in [5, 5.41) is 18.9. The van der Waals surface area contributed by atoms with Gasteiger partial charge in [0.05, 0.1) is 18.7 Å². The van der Waals surface area contributed by atoms with Crippen molar-refractivity contribution in [2.24, 2.45) is 0 Å². The zero-order valence-corrected chi connectivity index (χ0v) is 10.7. The first-order chi connectivity index (χ1) is 9.36. The number of H-pyrrole nitrogens is 1. The molecule has 1 aromatic rings. The Bertz CT molecular complexity index is 614. The molecule has 1 aliphatic rings. The minimum atomic E-state index is -2.14. The molecule has 2 rings (SSSR count). The van der Waals surface area contributed by atoms with E-state index in [1.165, 1.54) is 0 Å². The lowest BCUT2D eigenvalue weighted by atomic mass is 9.99. The van der Waals surface area contributed by atoms with Crippen LogP contribution in [0.2, 0.25) is 0 Å². The van der Waals surface area contributed by atoms with Gasteiger partial charge in [0, 0.05) is 0 Å². The van der Waals surface area contributed by atoms with E-state index in [2.05, 4.69) is 0 Å². The molecule has 20 heavy (non-hydrogen) atoms. The number of hydrogen-bond acceptors (Lipinski definition) is 5. The predicted octanol–water partition coefficient (Wildman–Crippen LogP) is -1.13. The minimum absolute atomic E-state index is 0.442. The molecular weight excluding hydrogens is 302 g/mol. The molecule has 0 amide bonds. The molecule has 7 nitrogen and oxygen atoms in total. The standard InChI is InChI=1S/C10H11ClF2N2O5/c11-2-10(3-16)6(17)5(13)8(20-10)15-1-4(12)7(18)14-9(15)19/h1,5-6,8,16-17H,2-3H2,(H,14,18,19). The zero-order valence-electron chi connectivity index (χ0n) is 9.92. The van der Waals surface area contributed by atoms with E-state index in [1.54, 1.807) is 4.98 Å². The maximum Gasteiger partial charge on any atom is 0.330 e. The summed E-state index contributed by atoms with van der Waals surface area (Å²) < 4.78 is 32.8. The Morgan fingerprint density at radius 2 is 2.20 bits per heavy atom. The number of rotatable bonds is 3. The Kier molecular flexibility index (Phi) is 3.96. The van der Waals surface area contributed by atoms with Gasteiger partial charge >= 0.3 is 5.69 Å². The average Bonchev–Trinajstić information content (AvgIpc) is 2.68. The highest BCUT2D eigenvalue weighted by atomic mass is 35.5. The van der Waals surface area contributed by atoms with Gasteiger partial charge in [-0.2, -0.15) is 4.39 Å². The summed E-state index contributed by atoms with van der Waals surface area (Å²) >= 11 is 5.54.